The first-order valence-corrected chi connectivity index (χ1v) is 7.56. The summed E-state index contributed by atoms with van der Waals surface area (Å²) in [5.41, 5.74) is 0.530. The molecule has 0 aliphatic heterocycles. The maximum absolute atomic E-state index is 12.0. The average molecular weight is 282 g/mol. The van der Waals surface area contributed by atoms with Crippen molar-refractivity contribution < 1.29 is 9.90 Å². The Morgan fingerprint density at radius 3 is 2.68 bits per heavy atom. The van der Waals surface area contributed by atoms with Gasteiger partial charge >= 0.3 is 0 Å². The fraction of sp³-hybridized carbons (Fsp3) is 0.571. The molecule has 106 valence electrons. The van der Waals surface area contributed by atoms with Gasteiger partial charge in [-0.2, -0.15) is 0 Å². The highest BCUT2D eigenvalue weighted by atomic mass is 32.2. The molecule has 4 nitrogen and oxygen atoms in total. The van der Waals surface area contributed by atoms with Crippen LogP contribution in [0.3, 0.4) is 0 Å². The van der Waals surface area contributed by atoms with Crippen LogP contribution in [-0.2, 0) is 0 Å². The van der Waals surface area contributed by atoms with E-state index in [2.05, 4.69) is 31.1 Å². The van der Waals surface area contributed by atoms with Crippen LogP contribution in [0, 0.1) is 5.92 Å². The molecule has 1 unspecified atom stereocenters. The topological polar surface area (TPSA) is 62.2 Å². The van der Waals surface area contributed by atoms with E-state index in [1.54, 1.807) is 24.0 Å². The second-order valence-corrected chi connectivity index (χ2v) is 6.08. The van der Waals surface area contributed by atoms with Crippen LogP contribution in [0.4, 0.5) is 0 Å². The highest BCUT2D eigenvalue weighted by molar-refractivity contribution is 7.99. The first kappa shape index (κ1) is 16.0. The van der Waals surface area contributed by atoms with Crippen LogP contribution < -0.4 is 5.32 Å². The molecule has 19 heavy (non-hydrogen) atoms. The summed E-state index contributed by atoms with van der Waals surface area (Å²) in [5, 5.41) is 13.0. The zero-order valence-electron chi connectivity index (χ0n) is 11.7. The fourth-order valence-corrected chi connectivity index (χ4v) is 2.35. The van der Waals surface area contributed by atoms with E-state index in [9.17, 15) is 9.90 Å². The molecule has 0 bridgehead atoms. The van der Waals surface area contributed by atoms with Gasteiger partial charge in [-0.3, -0.25) is 4.79 Å². The van der Waals surface area contributed by atoms with E-state index >= 15 is 0 Å². The standard InChI is InChI=1S/C14H22N2O2S/c1-4-19-13-6-5-11(8-15-13)14(18)16-12(9-17)7-10(2)3/h5-6,8,10,12,17H,4,7,9H2,1-3H3,(H,16,18). The Morgan fingerprint density at radius 1 is 1.47 bits per heavy atom. The minimum Gasteiger partial charge on any atom is -0.394 e. The number of carbonyl (C=O) groups is 1. The second kappa shape index (κ2) is 8.17. The Hall–Kier alpha value is -1.07. The number of hydrogen-bond donors (Lipinski definition) is 2. The van der Waals surface area contributed by atoms with Crippen molar-refractivity contribution in [1.29, 1.82) is 0 Å². The molecule has 5 heteroatoms. The van der Waals surface area contributed by atoms with Gasteiger partial charge < -0.3 is 10.4 Å². The lowest BCUT2D eigenvalue weighted by molar-refractivity contribution is 0.0908. The van der Waals surface area contributed by atoms with Gasteiger partial charge in [0.05, 0.1) is 23.2 Å². The van der Waals surface area contributed by atoms with Gasteiger partial charge in [-0.25, -0.2) is 4.98 Å². The summed E-state index contributed by atoms with van der Waals surface area (Å²) in [6.45, 7) is 6.14. The molecule has 1 aromatic heterocycles. The van der Waals surface area contributed by atoms with Gasteiger partial charge in [0.1, 0.15) is 0 Å². The van der Waals surface area contributed by atoms with Crippen LogP contribution in [0.5, 0.6) is 0 Å². The van der Waals surface area contributed by atoms with E-state index in [1.807, 2.05) is 6.07 Å². The number of thioether (sulfide) groups is 1. The Kier molecular flexibility index (Phi) is 6.87. The summed E-state index contributed by atoms with van der Waals surface area (Å²) in [4.78, 5) is 16.2. The van der Waals surface area contributed by atoms with Crippen molar-refractivity contribution in [2.24, 2.45) is 5.92 Å². The maximum Gasteiger partial charge on any atom is 0.253 e. The van der Waals surface area contributed by atoms with Gasteiger partial charge in [0, 0.05) is 6.20 Å². The number of hydrogen-bond acceptors (Lipinski definition) is 4. The van der Waals surface area contributed by atoms with Crippen LogP contribution in [0.2, 0.25) is 0 Å². The predicted molar refractivity (Wildman–Crippen MR) is 78.4 cm³/mol. The minimum absolute atomic E-state index is 0.0406. The summed E-state index contributed by atoms with van der Waals surface area (Å²) < 4.78 is 0. The summed E-state index contributed by atoms with van der Waals surface area (Å²) in [7, 11) is 0. The van der Waals surface area contributed by atoms with Crippen LogP contribution >= 0.6 is 11.8 Å². The van der Waals surface area contributed by atoms with Gasteiger partial charge in [0.25, 0.3) is 5.91 Å². The largest absolute Gasteiger partial charge is 0.394 e. The summed E-state index contributed by atoms with van der Waals surface area (Å²) in [6.07, 6.45) is 2.34. The van der Waals surface area contributed by atoms with Gasteiger partial charge in [-0.05, 0) is 30.2 Å². The number of aliphatic hydroxyl groups is 1. The minimum atomic E-state index is -0.197. The molecular weight excluding hydrogens is 260 g/mol. The van der Waals surface area contributed by atoms with Crippen molar-refractivity contribution in [3.05, 3.63) is 23.9 Å². The fourth-order valence-electron chi connectivity index (χ4n) is 1.76. The monoisotopic (exact) mass is 282 g/mol. The summed E-state index contributed by atoms with van der Waals surface area (Å²) >= 11 is 1.64. The molecule has 0 saturated carbocycles. The molecule has 1 rings (SSSR count). The van der Waals surface area contributed by atoms with E-state index < -0.39 is 0 Å². The Labute approximate surface area is 119 Å². The number of rotatable bonds is 7. The Morgan fingerprint density at radius 2 is 2.21 bits per heavy atom. The first-order valence-electron chi connectivity index (χ1n) is 6.57. The van der Waals surface area contributed by atoms with Crippen molar-refractivity contribution >= 4 is 17.7 Å². The van der Waals surface area contributed by atoms with Crippen molar-refractivity contribution in [2.75, 3.05) is 12.4 Å². The number of aromatic nitrogens is 1. The SMILES string of the molecule is CCSc1ccc(C(=O)NC(CO)CC(C)C)cn1. The zero-order chi connectivity index (χ0) is 14.3. The van der Waals surface area contributed by atoms with Gasteiger partial charge in [0.15, 0.2) is 0 Å². The van der Waals surface area contributed by atoms with Crippen LogP contribution in [0.25, 0.3) is 0 Å². The molecule has 1 atom stereocenters. The van der Waals surface area contributed by atoms with Crippen LogP contribution in [0.1, 0.15) is 37.6 Å². The molecule has 0 aliphatic carbocycles. The molecule has 1 aromatic rings. The molecule has 2 N–H and O–H groups in total. The van der Waals surface area contributed by atoms with E-state index in [0.29, 0.717) is 11.5 Å². The molecular formula is C14H22N2O2S. The number of nitrogens with zero attached hydrogens (tertiary/aromatic N) is 1. The third kappa shape index (κ3) is 5.61. The van der Waals surface area contributed by atoms with E-state index in [0.717, 1.165) is 17.2 Å². The number of aliphatic hydroxyl groups excluding tert-OH is 1. The van der Waals surface area contributed by atoms with E-state index in [1.165, 1.54) is 0 Å². The lowest BCUT2D eigenvalue weighted by Gasteiger charge is -2.18. The highest BCUT2D eigenvalue weighted by Crippen LogP contribution is 2.14. The normalized spacial score (nSPS) is 12.5. The molecule has 0 saturated heterocycles. The summed E-state index contributed by atoms with van der Waals surface area (Å²) in [6, 6.07) is 3.42. The first-order chi connectivity index (χ1) is 9.06. The molecule has 1 heterocycles. The Bertz CT molecular complexity index is 393. The van der Waals surface area contributed by atoms with Crippen LogP contribution in [0.15, 0.2) is 23.4 Å². The third-order valence-electron chi connectivity index (χ3n) is 2.60. The van der Waals surface area contributed by atoms with Crippen molar-refractivity contribution in [3.8, 4) is 0 Å². The Balaban J connectivity index is 2.61. The van der Waals surface area contributed by atoms with Crippen molar-refractivity contribution in [3.63, 3.8) is 0 Å². The smallest absolute Gasteiger partial charge is 0.253 e. The van der Waals surface area contributed by atoms with E-state index in [-0.39, 0.29) is 18.6 Å². The molecule has 0 radical (unpaired) electrons. The molecule has 0 spiro atoms. The number of nitrogens with one attached hydrogen (secondary N) is 1. The highest BCUT2D eigenvalue weighted by Gasteiger charge is 2.14. The van der Waals surface area contributed by atoms with Gasteiger partial charge in [-0.1, -0.05) is 20.8 Å². The summed E-state index contributed by atoms with van der Waals surface area (Å²) in [5.74, 6) is 1.21. The molecule has 1 amide bonds. The molecule has 0 fully saturated rings. The quantitative estimate of drug-likeness (QED) is 0.754. The van der Waals surface area contributed by atoms with E-state index in [4.69, 9.17) is 0 Å². The van der Waals surface area contributed by atoms with Gasteiger partial charge in [-0.15, -0.1) is 11.8 Å². The second-order valence-electron chi connectivity index (χ2n) is 4.80. The van der Waals surface area contributed by atoms with Crippen molar-refractivity contribution in [2.45, 2.75) is 38.3 Å². The predicted octanol–water partition coefficient (Wildman–Crippen LogP) is 2.33. The number of amides is 1. The average Bonchev–Trinajstić information content (AvgIpc) is 2.38. The lowest BCUT2D eigenvalue weighted by Crippen LogP contribution is -2.38. The molecule has 0 aromatic carbocycles. The van der Waals surface area contributed by atoms with Crippen LogP contribution in [-0.4, -0.2) is 34.4 Å². The number of carbonyl (C=O) groups excluding carboxylic acids is 1. The lowest BCUT2D eigenvalue weighted by atomic mass is 10.0. The zero-order valence-corrected chi connectivity index (χ0v) is 12.5. The molecule has 0 aliphatic rings. The van der Waals surface area contributed by atoms with Gasteiger partial charge in [0.2, 0.25) is 0 Å². The third-order valence-corrected chi connectivity index (χ3v) is 3.43. The number of pyridine rings is 1. The maximum atomic E-state index is 12.0. The van der Waals surface area contributed by atoms with Crippen molar-refractivity contribution in [1.82, 2.24) is 10.3 Å².